The van der Waals surface area contributed by atoms with Crippen molar-refractivity contribution < 1.29 is 14.3 Å². The van der Waals surface area contributed by atoms with Gasteiger partial charge in [-0.05, 0) is 18.1 Å². The number of carbonyl (C=O) groups is 1. The van der Waals surface area contributed by atoms with Crippen LogP contribution in [0.2, 0.25) is 0 Å². The number of rotatable bonds is 6. The Hall–Kier alpha value is -2.40. The minimum Gasteiger partial charge on any atom is -0.475 e. The number of methoxy groups -OCH3 is 1. The summed E-state index contributed by atoms with van der Waals surface area (Å²) in [6, 6.07) is 12.0. The van der Waals surface area contributed by atoms with Crippen LogP contribution < -0.4 is 4.74 Å². The first-order valence-corrected chi connectivity index (χ1v) is 8.59. The van der Waals surface area contributed by atoms with Crippen LogP contribution in [0.4, 0.5) is 0 Å². The lowest BCUT2D eigenvalue weighted by Gasteiger charge is -2.28. The number of ether oxygens (including phenoxy) is 2. The van der Waals surface area contributed by atoms with Gasteiger partial charge in [-0.2, -0.15) is 0 Å². The van der Waals surface area contributed by atoms with E-state index in [2.05, 4.69) is 4.98 Å². The van der Waals surface area contributed by atoms with E-state index >= 15 is 0 Å². The molecular weight excluding hydrogens is 316 g/mol. The second-order valence-electron chi connectivity index (χ2n) is 6.32. The molecule has 0 fully saturated rings. The van der Waals surface area contributed by atoms with Crippen molar-refractivity contribution >= 4 is 5.91 Å². The average molecular weight is 340 g/mol. The molecule has 0 saturated heterocycles. The number of pyridine rings is 1. The molecule has 2 aromatic rings. The third kappa shape index (κ3) is 4.57. The summed E-state index contributed by atoms with van der Waals surface area (Å²) in [5.74, 6) is 0.783. The van der Waals surface area contributed by atoms with Gasteiger partial charge >= 0.3 is 0 Å². The van der Waals surface area contributed by atoms with Gasteiger partial charge in [-0.1, -0.05) is 35.9 Å². The molecule has 1 aromatic heterocycles. The van der Waals surface area contributed by atoms with E-state index in [-0.39, 0.29) is 5.91 Å². The number of fused-ring (bicyclic) bond motifs is 1. The van der Waals surface area contributed by atoms with Crippen LogP contribution in [0.25, 0.3) is 0 Å². The van der Waals surface area contributed by atoms with Gasteiger partial charge in [-0.3, -0.25) is 4.79 Å². The normalized spacial score (nSPS) is 13.4. The van der Waals surface area contributed by atoms with Crippen LogP contribution in [-0.2, 0) is 28.9 Å². The Morgan fingerprint density at radius 3 is 2.72 bits per heavy atom. The van der Waals surface area contributed by atoms with Crippen molar-refractivity contribution in [3.8, 4) is 5.88 Å². The largest absolute Gasteiger partial charge is 0.475 e. The van der Waals surface area contributed by atoms with E-state index in [1.54, 1.807) is 7.11 Å². The highest BCUT2D eigenvalue weighted by atomic mass is 16.5. The number of aromatic nitrogens is 1. The first-order valence-electron chi connectivity index (χ1n) is 8.59. The Labute approximate surface area is 148 Å². The molecule has 1 amide bonds. The molecule has 0 atom stereocenters. The van der Waals surface area contributed by atoms with Crippen LogP contribution in [0, 0.1) is 6.92 Å². The summed E-state index contributed by atoms with van der Waals surface area (Å²) in [5, 5.41) is 0. The van der Waals surface area contributed by atoms with Gasteiger partial charge in [0.15, 0.2) is 0 Å². The summed E-state index contributed by atoms with van der Waals surface area (Å²) in [6.45, 7) is 4.40. The highest BCUT2D eigenvalue weighted by molar-refractivity contribution is 5.79. The molecule has 0 bridgehead atoms. The summed E-state index contributed by atoms with van der Waals surface area (Å²) < 4.78 is 10.5. The average Bonchev–Trinajstić information content (AvgIpc) is 2.63. The fourth-order valence-electron chi connectivity index (χ4n) is 2.91. The van der Waals surface area contributed by atoms with Gasteiger partial charge < -0.3 is 14.4 Å². The van der Waals surface area contributed by atoms with Crippen molar-refractivity contribution in [2.45, 2.75) is 26.3 Å². The standard InChI is InChI=1S/C20H24N2O3/c1-15-3-5-16(6-4-15)13-20(23)22-10-9-18-17(14-22)7-8-19(21-18)25-12-11-24-2/h3-8H,9-14H2,1-2H3. The maximum Gasteiger partial charge on any atom is 0.227 e. The Balaban J connectivity index is 1.60. The maximum absolute atomic E-state index is 12.6. The summed E-state index contributed by atoms with van der Waals surface area (Å²) in [4.78, 5) is 19.0. The molecule has 1 aromatic carbocycles. The molecule has 1 aliphatic rings. The maximum atomic E-state index is 12.6. The molecule has 5 nitrogen and oxygen atoms in total. The van der Waals surface area contributed by atoms with Crippen molar-refractivity contribution in [3.63, 3.8) is 0 Å². The van der Waals surface area contributed by atoms with E-state index in [0.29, 0.717) is 38.6 Å². The number of hydrogen-bond acceptors (Lipinski definition) is 4. The second-order valence-corrected chi connectivity index (χ2v) is 6.32. The first-order chi connectivity index (χ1) is 12.2. The van der Waals surface area contributed by atoms with E-state index in [9.17, 15) is 4.79 Å². The molecule has 132 valence electrons. The van der Waals surface area contributed by atoms with Crippen LogP contribution in [0.1, 0.15) is 22.4 Å². The highest BCUT2D eigenvalue weighted by Gasteiger charge is 2.22. The van der Waals surface area contributed by atoms with E-state index < -0.39 is 0 Å². The molecule has 0 aliphatic carbocycles. The minimum atomic E-state index is 0.162. The molecule has 1 aliphatic heterocycles. The van der Waals surface area contributed by atoms with Crippen LogP contribution in [0.15, 0.2) is 36.4 Å². The molecule has 25 heavy (non-hydrogen) atoms. The summed E-state index contributed by atoms with van der Waals surface area (Å²) in [5.41, 5.74) is 4.39. The van der Waals surface area contributed by atoms with Crippen LogP contribution in [-0.4, -0.2) is 42.7 Å². The lowest BCUT2D eigenvalue weighted by atomic mass is 10.0. The zero-order chi connectivity index (χ0) is 17.6. The van der Waals surface area contributed by atoms with Gasteiger partial charge in [0.25, 0.3) is 0 Å². The monoisotopic (exact) mass is 340 g/mol. The number of amides is 1. The summed E-state index contributed by atoms with van der Waals surface area (Å²) in [7, 11) is 1.64. The quantitative estimate of drug-likeness (QED) is 0.759. The van der Waals surface area contributed by atoms with Gasteiger partial charge in [0.2, 0.25) is 11.8 Å². The zero-order valence-electron chi connectivity index (χ0n) is 14.8. The Kier molecular flexibility index (Phi) is 5.66. The lowest BCUT2D eigenvalue weighted by molar-refractivity contribution is -0.131. The topological polar surface area (TPSA) is 51.7 Å². The van der Waals surface area contributed by atoms with E-state index in [1.165, 1.54) is 5.56 Å². The lowest BCUT2D eigenvalue weighted by Crippen LogP contribution is -2.37. The van der Waals surface area contributed by atoms with Gasteiger partial charge in [0, 0.05) is 32.7 Å². The Bertz CT molecular complexity index is 728. The predicted octanol–water partition coefficient (Wildman–Crippen LogP) is 2.54. The molecule has 0 saturated carbocycles. The zero-order valence-corrected chi connectivity index (χ0v) is 14.8. The fraction of sp³-hybridized carbons (Fsp3) is 0.400. The Morgan fingerprint density at radius 1 is 1.16 bits per heavy atom. The Morgan fingerprint density at radius 2 is 1.96 bits per heavy atom. The molecule has 0 unspecified atom stereocenters. The molecule has 0 spiro atoms. The smallest absolute Gasteiger partial charge is 0.227 e. The number of nitrogens with zero attached hydrogens (tertiary/aromatic N) is 2. The fourth-order valence-corrected chi connectivity index (χ4v) is 2.91. The highest BCUT2D eigenvalue weighted by Crippen LogP contribution is 2.21. The molecule has 0 radical (unpaired) electrons. The van der Waals surface area contributed by atoms with E-state index in [0.717, 1.165) is 23.2 Å². The molecule has 2 heterocycles. The third-order valence-corrected chi connectivity index (χ3v) is 4.39. The first kappa shape index (κ1) is 17.4. The number of carbonyl (C=O) groups excluding carboxylic acids is 1. The van der Waals surface area contributed by atoms with Gasteiger partial charge in [-0.15, -0.1) is 0 Å². The molecule has 3 rings (SSSR count). The van der Waals surface area contributed by atoms with Crippen molar-refractivity contribution in [1.29, 1.82) is 0 Å². The van der Waals surface area contributed by atoms with Crippen LogP contribution >= 0.6 is 0 Å². The summed E-state index contributed by atoms with van der Waals surface area (Å²) in [6.07, 6.45) is 1.21. The van der Waals surface area contributed by atoms with E-state index in [1.807, 2.05) is 48.2 Å². The van der Waals surface area contributed by atoms with E-state index in [4.69, 9.17) is 9.47 Å². The molecule has 5 heteroatoms. The van der Waals surface area contributed by atoms with Crippen molar-refractivity contribution in [3.05, 3.63) is 58.8 Å². The van der Waals surface area contributed by atoms with Crippen LogP contribution in [0.5, 0.6) is 5.88 Å². The van der Waals surface area contributed by atoms with Gasteiger partial charge in [0.05, 0.1) is 18.7 Å². The van der Waals surface area contributed by atoms with Crippen LogP contribution in [0.3, 0.4) is 0 Å². The molecule has 0 N–H and O–H groups in total. The van der Waals surface area contributed by atoms with Crippen molar-refractivity contribution in [1.82, 2.24) is 9.88 Å². The second kappa shape index (κ2) is 8.12. The number of benzene rings is 1. The SMILES string of the molecule is COCCOc1ccc2c(n1)CCN(C(=O)Cc1ccc(C)cc1)C2. The summed E-state index contributed by atoms with van der Waals surface area (Å²) >= 11 is 0. The number of aryl methyl sites for hydroxylation is 1. The van der Waals surface area contributed by atoms with Gasteiger partial charge in [0.1, 0.15) is 6.61 Å². The third-order valence-electron chi connectivity index (χ3n) is 4.39. The van der Waals surface area contributed by atoms with Gasteiger partial charge in [-0.25, -0.2) is 4.98 Å². The predicted molar refractivity (Wildman–Crippen MR) is 95.6 cm³/mol. The molecular formula is C20H24N2O3. The number of hydrogen-bond donors (Lipinski definition) is 0. The minimum absolute atomic E-state index is 0.162. The van der Waals surface area contributed by atoms with Crippen molar-refractivity contribution in [2.75, 3.05) is 26.9 Å². The van der Waals surface area contributed by atoms with Crippen molar-refractivity contribution in [2.24, 2.45) is 0 Å².